The van der Waals surface area contributed by atoms with Gasteiger partial charge in [0, 0.05) is 16.1 Å². The third kappa shape index (κ3) is 4.23. The molecule has 0 aliphatic carbocycles. The highest BCUT2D eigenvalue weighted by Crippen LogP contribution is 2.21. The fourth-order valence-electron chi connectivity index (χ4n) is 1.78. The van der Waals surface area contributed by atoms with E-state index < -0.39 is 5.91 Å². The number of benzene rings is 2. The number of halogens is 1. The molecular weight excluding hydrogens is 304 g/mol. The quantitative estimate of drug-likeness (QED) is 0.657. The van der Waals surface area contributed by atoms with Gasteiger partial charge < -0.3 is 9.84 Å². The maximum absolute atomic E-state index is 11.9. The first kappa shape index (κ1) is 15.9. The summed E-state index contributed by atoms with van der Waals surface area (Å²) in [5, 5.41) is 13.8. The van der Waals surface area contributed by atoms with Gasteiger partial charge in [0.1, 0.15) is 11.5 Å². The van der Waals surface area contributed by atoms with Gasteiger partial charge in [0.05, 0.1) is 12.8 Å². The summed E-state index contributed by atoms with van der Waals surface area (Å²) in [4.78, 5) is 11.9. The Labute approximate surface area is 133 Å². The number of hydrogen-bond acceptors (Lipinski definition) is 4. The number of carbonyl (C=O) groups is 1. The van der Waals surface area contributed by atoms with E-state index in [1.54, 1.807) is 30.3 Å². The van der Waals surface area contributed by atoms with Crippen LogP contribution in [0.3, 0.4) is 0 Å². The van der Waals surface area contributed by atoms with E-state index in [1.807, 2.05) is 6.92 Å². The standard InChI is InChI=1S/C16H15ClN2O3/c1-2-22-15-7-6-13(17)8-12(15)10-18-19-16(21)11-4-3-5-14(20)9-11/h3-10,20H,2H2,1H3,(H,19,21)/b18-10+. The summed E-state index contributed by atoms with van der Waals surface area (Å²) in [5.41, 5.74) is 3.36. The molecule has 0 heterocycles. The number of aromatic hydroxyl groups is 1. The zero-order valence-electron chi connectivity index (χ0n) is 11.9. The van der Waals surface area contributed by atoms with Gasteiger partial charge in [0.2, 0.25) is 0 Å². The van der Waals surface area contributed by atoms with Crippen molar-refractivity contribution in [3.8, 4) is 11.5 Å². The van der Waals surface area contributed by atoms with Gasteiger partial charge >= 0.3 is 0 Å². The molecule has 0 aliphatic heterocycles. The largest absolute Gasteiger partial charge is 0.508 e. The molecule has 0 saturated carbocycles. The Kier molecular flexibility index (Phi) is 5.38. The summed E-state index contributed by atoms with van der Waals surface area (Å²) >= 11 is 5.94. The third-order valence-electron chi connectivity index (χ3n) is 2.75. The van der Waals surface area contributed by atoms with Crippen LogP contribution in [-0.2, 0) is 0 Å². The fourth-order valence-corrected chi connectivity index (χ4v) is 1.96. The summed E-state index contributed by atoms with van der Waals surface area (Å²) in [7, 11) is 0. The van der Waals surface area contributed by atoms with Crippen LogP contribution in [0.15, 0.2) is 47.6 Å². The van der Waals surface area contributed by atoms with Gasteiger partial charge in [-0.05, 0) is 43.3 Å². The lowest BCUT2D eigenvalue weighted by Crippen LogP contribution is -2.17. The molecule has 2 rings (SSSR count). The number of ether oxygens (including phenoxy) is 1. The van der Waals surface area contributed by atoms with Crippen molar-refractivity contribution in [1.29, 1.82) is 0 Å². The second-order valence-electron chi connectivity index (χ2n) is 4.36. The van der Waals surface area contributed by atoms with E-state index in [9.17, 15) is 9.90 Å². The van der Waals surface area contributed by atoms with E-state index in [-0.39, 0.29) is 5.75 Å². The molecule has 114 valence electrons. The van der Waals surface area contributed by atoms with E-state index in [1.165, 1.54) is 18.3 Å². The Morgan fingerprint density at radius 1 is 1.36 bits per heavy atom. The number of phenols is 1. The molecule has 0 fully saturated rings. The molecule has 0 atom stereocenters. The highest BCUT2D eigenvalue weighted by molar-refractivity contribution is 6.30. The van der Waals surface area contributed by atoms with E-state index in [4.69, 9.17) is 16.3 Å². The van der Waals surface area contributed by atoms with Gasteiger partial charge in [0.25, 0.3) is 5.91 Å². The van der Waals surface area contributed by atoms with Crippen LogP contribution >= 0.6 is 11.6 Å². The van der Waals surface area contributed by atoms with Gasteiger partial charge in [-0.15, -0.1) is 0 Å². The molecule has 2 N–H and O–H groups in total. The Hall–Kier alpha value is -2.53. The van der Waals surface area contributed by atoms with Crippen molar-refractivity contribution >= 4 is 23.7 Å². The SMILES string of the molecule is CCOc1ccc(Cl)cc1/C=N/NC(=O)c1cccc(O)c1. The molecule has 2 aromatic carbocycles. The summed E-state index contributed by atoms with van der Waals surface area (Å²) in [6.45, 7) is 2.39. The Bertz CT molecular complexity index is 702. The minimum absolute atomic E-state index is 0.0186. The first-order valence-electron chi connectivity index (χ1n) is 6.65. The van der Waals surface area contributed by atoms with Gasteiger partial charge in [-0.3, -0.25) is 4.79 Å². The molecule has 0 aromatic heterocycles. The zero-order chi connectivity index (χ0) is 15.9. The second-order valence-corrected chi connectivity index (χ2v) is 4.80. The van der Waals surface area contributed by atoms with Gasteiger partial charge in [-0.25, -0.2) is 5.43 Å². The molecule has 0 aliphatic rings. The molecule has 22 heavy (non-hydrogen) atoms. The first-order valence-corrected chi connectivity index (χ1v) is 7.02. The Balaban J connectivity index is 2.09. The number of carbonyl (C=O) groups excluding carboxylic acids is 1. The van der Waals surface area contributed by atoms with Crippen LogP contribution in [-0.4, -0.2) is 23.8 Å². The number of rotatable bonds is 5. The maximum atomic E-state index is 11.9. The minimum atomic E-state index is -0.424. The maximum Gasteiger partial charge on any atom is 0.271 e. The predicted octanol–water partition coefficient (Wildman–Crippen LogP) is 3.21. The molecule has 0 bridgehead atoms. The molecule has 0 saturated heterocycles. The van der Waals surface area contributed by atoms with Crippen LogP contribution in [0.5, 0.6) is 11.5 Å². The minimum Gasteiger partial charge on any atom is -0.508 e. The smallest absolute Gasteiger partial charge is 0.271 e. The summed E-state index contributed by atoms with van der Waals surface area (Å²) < 4.78 is 5.45. The third-order valence-corrected chi connectivity index (χ3v) is 2.98. The number of hydrazone groups is 1. The van der Waals surface area contributed by atoms with Crippen LogP contribution in [0.4, 0.5) is 0 Å². The van der Waals surface area contributed by atoms with Crippen molar-refractivity contribution in [1.82, 2.24) is 5.43 Å². The van der Waals surface area contributed by atoms with Crippen LogP contribution in [0.1, 0.15) is 22.8 Å². The van der Waals surface area contributed by atoms with Crippen LogP contribution in [0, 0.1) is 0 Å². The van der Waals surface area contributed by atoms with Crippen LogP contribution in [0.2, 0.25) is 5.02 Å². The number of phenolic OH excluding ortho intramolecular Hbond substituents is 1. The highest BCUT2D eigenvalue weighted by Gasteiger charge is 2.05. The number of nitrogens with zero attached hydrogens (tertiary/aromatic N) is 1. The van der Waals surface area contributed by atoms with Crippen molar-refractivity contribution in [3.05, 3.63) is 58.6 Å². The van der Waals surface area contributed by atoms with Crippen molar-refractivity contribution < 1.29 is 14.6 Å². The fraction of sp³-hybridized carbons (Fsp3) is 0.125. The first-order chi connectivity index (χ1) is 10.6. The Morgan fingerprint density at radius 3 is 2.91 bits per heavy atom. The summed E-state index contributed by atoms with van der Waals surface area (Å²) in [5.74, 6) is 0.222. The van der Waals surface area contributed by atoms with Crippen molar-refractivity contribution in [2.75, 3.05) is 6.61 Å². The molecule has 5 nitrogen and oxygen atoms in total. The predicted molar refractivity (Wildman–Crippen MR) is 85.8 cm³/mol. The van der Waals surface area contributed by atoms with Crippen LogP contribution in [0.25, 0.3) is 0 Å². The zero-order valence-corrected chi connectivity index (χ0v) is 12.7. The van der Waals surface area contributed by atoms with Gasteiger partial charge in [-0.2, -0.15) is 5.10 Å². The van der Waals surface area contributed by atoms with E-state index in [0.717, 1.165) is 0 Å². The summed E-state index contributed by atoms with van der Waals surface area (Å²) in [6.07, 6.45) is 1.46. The average Bonchev–Trinajstić information content (AvgIpc) is 2.50. The number of hydrogen-bond donors (Lipinski definition) is 2. The van der Waals surface area contributed by atoms with E-state index in [0.29, 0.717) is 28.5 Å². The van der Waals surface area contributed by atoms with Gasteiger partial charge in [0.15, 0.2) is 0 Å². The normalized spacial score (nSPS) is 10.6. The average molecular weight is 319 g/mol. The van der Waals surface area contributed by atoms with Crippen molar-refractivity contribution in [2.24, 2.45) is 5.10 Å². The molecule has 0 spiro atoms. The van der Waals surface area contributed by atoms with Crippen molar-refractivity contribution in [2.45, 2.75) is 6.92 Å². The summed E-state index contributed by atoms with van der Waals surface area (Å²) in [6, 6.07) is 11.2. The van der Waals surface area contributed by atoms with E-state index >= 15 is 0 Å². The highest BCUT2D eigenvalue weighted by atomic mass is 35.5. The molecule has 0 unspecified atom stereocenters. The topological polar surface area (TPSA) is 70.9 Å². The molecule has 1 amide bonds. The number of nitrogens with one attached hydrogen (secondary N) is 1. The monoisotopic (exact) mass is 318 g/mol. The lowest BCUT2D eigenvalue weighted by molar-refractivity contribution is 0.0954. The van der Waals surface area contributed by atoms with Crippen molar-refractivity contribution in [3.63, 3.8) is 0 Å². The lowest BCUT2D eigenvalue weighted by Gasteiger charge is -2.07. The number of amides is 1. The lowest BCUT2D eigenvalue weighted by atomic mass is 10.2. The molecule has 2 aromatic rings. The Morgan fingerprint density at radius 2 is 2.18 bits per heavy atom. The molecular formula is C16H15ClN2O3. The van der Waals surface area contributed by atoms with Crippen LogP contribution < -0.4 is 10.2 Å². The molecule has 6 heteroatoms. The molecule has 0 radical (unpaired) electrons. The van der Waals surface area contributed by atoms with Gasteiger partial charge in [-0.1, -0.05) is 17.7 Å². The second kappa shape index (κ2) is 7.47. The van der Waals surface area contributed by atoms with E-state index in [2.05, 4.69) is 10.5 Å².